The van der Waals surface area contributed by atoms with E-state index in [2.05, 4.69) is 10.1 Å². The van der Waals surface area contributed by atoms with E-state index in [1.54, 1.807) is 18.2 Å². The lowest BCUT2D eigenvalue weighted by molar-refractivity contribution is 0.159. The predicted molar refractivity (Wildman–Crippen MR) is 65.0 cm³/mol. The number of benzene rings is 1. The number of aliphatic hydroxyl groups excluding tert-OH is 1. The second-order valence-corrected chi connectivity index (χ2v) is 4.27. The molecule has 0 spiro atoms. The largest absolute Gasteiger partial charge is 0.385 e. The molecule has 0 aliphatic rings. The van der Waals surface area contributed by atoms with E-state index in [0.29, 0.717) is 22.0 Å². The van der Waals surface area contributed by atoms with Crippen LogP contribution >= 0.6 is 23.2 Å². The van der Waals surface area contributed by atoms with Gasteiger partial charge in [0.1, 0.15) is 6.10 Å². The van der Waals surface area contributed by atoms with E-state index in [1.165, 1.54) is 0 Å². The third-order valence-electron chi connectivity index (χ3n) is 2.31. The van der Waals surface area contributed by atoms with Crippen LogP contribution in [-0.4, -0.2) is 15.2 Å². The highest BCUT2D eigenvalue weighted by Gasteiger charge is 2.17. The van der Waals surface area contributed by atoms with Crippen molar-refractivity contribution in [1.82, 2.24) is 10.1 Å². The predicted octanol–water partition coefficient (Wildman–Crippen LogP) is 3.49. The molecule has 2 rings (SSSR count). The standard InChI is InChI=1S/C11H10Cl2N2O2/c1-2-8(16)10-14-11(17-15-10)6-4-3-5-7(12)9(6)13/h3-5,8,16H,2H2,1H3. The van der Waals surface area contributed by atoms with Crippen LogP contribution in [0.3, 0.4) is 0 Å². The van der Waals surface area contributed by atoms with Crippen molar-refractivity contribution in [1.29, 1.82) is 0 Å². The molecule has 0 aliphatic heterocycles. The second kappa shape index (κ2) is 5.04. The SMILES string of the molecule is CCC(O)c1noc(-c2cccc(Cl)c2Cl)n1. The smallest absolute Gasteiger partial charge is 0.259 e. The van der Waals surface area contributed by atoms with Crippen LogP contribution in [0.4, 0.5) is 0 Å². The minimum Gasteiger partial charge on any atom is -0.385 e. The van der Waals surface area contributed by atoms with Gasteiger partial charge in [0.25, 0.3) is 5.89 Å². The molecule has 1 aromatic carbocycles. The number of rotatable bonds is 3. The molecule has 0 fully saturated rings. The molecule has 1 unspecified atom stereocenters. The van der Waals surface area contributed by atoms with Crippen molar-refractivity contribution in [3.8, 4) is 11.5 Å². The first-order valence-corrected chi connectivity index (χ1v) is 5.85. The van der Waals surface area contributed by atoms with Crippen molar-refractivity contribution in [3.63, 3.8) is 0 Å². The van der Waals surface area contributed by atoms with Crippen molar-refractivity contribution in [3.05, 3.63) is 34.1 Å². The van der Waals surface area contributed by atoms with E-state index in [9.17, 15) is 5.11 Å². The van der Waals surface area contributed by atoms with Crippen molar-refractivity contribution in [2.45, 2.75) is 19.4 Å². The molecular weight excluding hydrogens is 263 g/mol. The minimum absolute atomic E-state index is 0.249. The minimum atomic E-state index is -0.731. The topological polar surface area (TPSA) is 59.2 Å². The zero-order chi connectivity index (χ0) is 12.4. The number of aliphatic hydroxyl groups is 1. The Labute approximate surface area is 108 Å². The fourth-order valence-corrected chi connectivity index (χ4v) is 1.71. The van der Waals surface area contributed by atoms with E-state index < -0.39 is 6.10 Å². The van der Waals surface area contributed by atoms with Crippen LogP contribution in [0.15, 0.2) is 22.7 Å². The summed E-state index contributed by atoms with van der Waals surface area (Å²) in [5, 5.41) is 14.0. The van der Waals surface area contributed by atoms with E-state index in [1.807, 2.05) is 6.92 Å². The molecule has 2 aromatic rings. The summed E-state index contributed by atoms with van der Waals surface area (Å²) in [6, 6.07) is 5.14. The van der Waals surface area contributed by atoms with E-state index in [-0.39, 0.29) is 11.7 Å². The second-order valence-electron chi connectivity index (χ2n) is 3.48. The third kappa shape index (κ3) is 2.44. The van der Waals surface area contributed by atoms with Gasteiger partial charge in [-0.25, -0.2) is 0 Å². The lowest BCUT2D eigenvalue weighted by atomic mass is 10.2. The molecular formula is C11H10Cl2N2O2. The summed E-state index contributed by atoms with van der Waals surface area (Å²) in [4.78, 5) is 4.08. The zero-order valence-electron chi connectivity index (χ0n) is 9.02. The van der Waals surface area contributed by atoms with Crippen LogP contribution in [0.25, 0.3) is 11.5 Å². The monoisotopic (exact) mass is 272 g/mol. The lowest BCUT2D eigenvalue weighted by Gasteiger charge is -2.00. The normalized spacial score (nSPS) is 12.7. The molecule has 1 atom stereocenters. The number of aromatic nitrogens is 2. The van der Waals surface area contributed by atoms with Crippen LogP contribution in [0, 0.1) is 0 Å². The summed E-state index contributed by atoms with van der Waals surface area (Å²) < 4.78 is 5.05. The Morgan fingerprint density at radius 1 is 1.41 bits per heavy atom. The number of hydrogen-bond donors (Lipinski definition) is 1. The number of nitrogens with zero attached hydrogens (tertiary/aromatic N) is 2. The molecule has 4 nitrogen and oxygen atoms in total. The Morgan fingerprint density at radius 2 is 2.18 bits per heavy atom. The van der Waals surface area contributed by atoms with E-state index in [0.717, 1.165) is 0 Å². The first-order valence-electron chi connectivity index (χ1n) is 5.09. The van der Waals surface area contributed by atoms with Gasteiger partial charge in [0, 0.05) is 0 Å². The van der Waals surface area contributed by atoms with E-state index in [4.69, 9.17) is 27.7 Å². The van der Waals surface area contributed by atoms with Crippen LogP contribution < -0.4 is 0 Å². The van der Waals surface area contributed by atoms with Crippen molar-refractivity contribution in [2.75, 3.05) is 0 Å². The molecule has 0 amide bonds. The first kappa shape index (κ1) is 12.4. The molecule has 1 aromatic heterocycles. The maximum atomic E-state index is 9.57. The van der Waals surface area contributed by atoms with Gasteiger partial charge in [-0.2, -0.15) is 4.98 Å². The van der Waals surface area contributed by atoms with Gasteiger partial charge in [-0.05, 0) is 18.6 Å². The Bertz CT molecular complexity index is 528. The molecule has 0 saturated carbocycles. The van der Waals surface area contributed by atoms with Crippen LogP contribution in [0.1, 0.15) is 25.3 Å². The summed E-state index contributed by atoms with van der Waals surface area (Å²) in [6.45, 7) is 1.83. The highest BCUT2D eigenvalue weighted by Crippen LogP contribution is 2.32. The van der Waals surface area contributed by atoms with Gasteiger partial charge in [0.15, 0.2) is 0 Å². The highest BCUT2D eigenvalue weighted by atomic mass is 35.5. The molecule has 1 N–H and O–H groups in total. The van der Waals surface area contributed by atoms with Crippen LogP contribution in [0.5, 0.6) is 0 Å². The van der Waals surface area contributed by atoms with Gasteiger partial charge in [-0.1, -0.05) is 41.3 Å². The lowest BCUT2D eigenvalue weighted by Crippen LogP contribution is -1.97. The molecule has 17 heavy (non-hydrogen) atoms. The van der Waals surface area contributed by atoms with Gasteiger partial charge in [0.2, 0.25) is 5.82 Å². The Hall–Kier alpha value is -1.10. The Balaban J connectivity index is 2.40. The summed E-state index contributed by atoms with van der Waals surface area (Å²) in [5.41, 5.74) is 0.557. The molecule has 1 heterocycles. The highest BCUT2D eigenvalue weighted by molar-refractivity contribution is 6.43. The summed E-state index contributed by atoms with van der Waals surface area (Å²) in [6.07, 6.45) is -0.215. The summed E-state index contributed by atoms with van der Waals surface area (Å²) >= 11 is 11.9. The zero-order valence-corrected chi connectivity index (χ0v) is 10.5. The molecule has 90 valence electrons. The van der Waals surface area contributed by atoms with Gasteiger partial charge in [0.05, 0.1) is 15.6 Å². The maximum Gasteiger partial charge on any atom is 0.259 e. The maximum absolute atomic E-state index is 9.57. The first-order chi connectivity index (χ1) is 8.13. The summed E-state index contributed by atoms with van der Waals surface area (Å²) in [7, 11) is 0. The number of hydrogen-bond acceptors (Lipinski definition) is 4. The quantitative estimate of drug-likeness (QED) is 0.929. The molecule has 0 radical (unpaired) electrons. The van der Waals surface area contributed by atoms with Gasteiger partial charge in [-0.15, -0.1) is 0 Å². The van der Waals surface area contributed by atoms with Gasteiger partial charge >= 0.3 is 0 Å². The number of halogens is 2. The van der Waals surface area contributed by atoms with Crippen molar-refractivity contribution in [2.24, 2.45) is 0 Å². The van der Waals surface area contributed by atoms with Crippen LogP contribution in [0.2, 0.25) is 10.0 Å². The van der Waals surface area contributed by atoms with Gasteiger partial charge in [-0.3, -0.25) is 0 Å². The Kier molecular flexibility index (Phi) is 3.66. The fourth-order valence-electron chi connectivity index (χ4n) is 1.33. The van der Waals surface area contributed by atoms with Crippen LogP contribution in [-0.2, 0) is 0 Å². The van der Waals surface area contributed by atoms with Crippen molar-refractivity contribution < 1.29 is 9.63 Å². The van der Waals surface area contributed by atoms with E-state index >= 15 is 0 Å². The molecule has 0 bridgehead atoms. The fraction of sp³-hybridized carbons (Fsp3) is 0.273. The summed E-state index contributed by atoms with van der Waals surface area (Å²) in [5.74, 6) is 0.499. The molecule has 0 aliphatic carbocycles. The molecule has 0 saturated heterocycles. The average Bonchev–Trinajstić information content (AvgIpc) is 2.81. The Morgan fingerprint density at radius 3 is 2.88 bits per heavy atom. The van der Waals surface area contributed by atoms with Gasteiger partial charge < -0.3 is 9.63 Å². The van der Waals surface area contributed by atoms with Crippen molar-refractivity contribution >= 4 is 23.2 Å². The molecule has 6 heteroatoms. The third-order valence-corrected chi connectivity index (χ3v) is 3.13. The average molecular weight is 273 g/mol.